The Bertz CT molecular complexity index is 383. The van der Waals surface area contributed by atoms with Crippen LogP contribution in [0.4, 0.5) is 0 Å². The fourth-order valence-electron chi connectivity index (χ4n) is 2.88. The number of aromatic nitrogens is 2. The van der Waals surface area contributed by atoms with Gasteiger partial charge in [0.15, 0.2) is 0 Å². The summed E-state index contributed by atoms with van der Waals surface area (Å²) in [6.07, 6.45) is 11.0. The average Bonchev–Trinajstić information content (AvgIpc) is 3.12. The number of nitrogens with zero attached hydrogens (tertiary/aromatic N) is 3. The first-order valence-electron chi connectivity index (χ1n) is 7.26. The van der Waals surface area contributed by atoms with Gasteiger partial charge in [0.05, 0.1) is 6.20 Å². The minimum absolute atomic E-state index is 0.722. The van der Waals surface area contributed by atoms with Crippen molar-refractivity contribution in [2.75, 3.05) is 13.1 Å². The molecule has 0 aromatic carbocycles. The van der Waals surface area contributed by atoms with E-state index >= 15 is 0 Å². The Morgan fingerprint density at radius 3 is 2.94 bits per heavy atom. The number of piperidine rings is 1. The smallest absolute Gasteiger partial charge is 0.0534 e. The maximum Gasteiger partial charge on any atom is 0.0534 e. The first kappa shape index (κ1) is 12.2. The lowest BCUT2D eigenvalue weighted by Gasteiger charge is -2.35. The SMILES string of the molecule is Cn1cc(CN2CCCCC2CNC2CC2)cn1. The minimum atomic E-state index is 0.722. The quantitative estimate of drug-likeness (QED) is 0.858. The van der Waals surface area contributed by atoms with Gasteiger partial charge in [-0.15, -0.1) is 0 Å². The molecule has 1 atom stereocenters. The largest absolute Gasteiger partial charge is 0.312 e. The van der Waals surface area contributed by atoms with E-state index in [1.807, 2.05) is 17.9 Å². The third kappa shape index (κ3) is 3.12. The molecule has 1 aliphatic carbocycles. The molecule has 2 fully saturated rings. The summed E-state index contributed by atoms with van der Waals surface area (Å²) in [6, 6.07) is 1.55. The second kappa shape index (κ2) is 5.41. The maximum atomic E-state index is 4.27. The third-order valence-electron chi connectivity index (χ3n) is 4.11. The molecule has 1 unspecified atom stereocenters. The lowest BCUT2D eigenvalue weighted by atomic mass is 10.0. The molecule has 4 nitrogen and oxygen atoms in total. The van der Waals surface area contributed by atoms with E-state index in [4.69, 9.17) is 0 Å². The molecule has 0 spiro atoms. The molecule has 0 amide bonds. The van der Waals surface area contributed by atoms with Crippen molar-refractivity contribution in [1.82, 2.24) is 20.0 Å². The molecule has 2 heterocycles. The van der Waals surface area contributed by atoms with E-state index in [1.165, 1.54) is 50.8 Å². The zero-order valence-corrected chi connectivity index (χ0v) is 11.3. The Kier molecular flexibility index (Phi) is 3.66. The molecule has 1 saturated carbocycles. The van der Waals surface area contributed by atoms with Crippen LogP contribution in [0.25, 0.3) is 0 Å². The summed E-state index contributed by atoms with van der Waals surface area (Å²) in [6.45, 7) is 3.47. The summed E-state index contributed by atoms with van der Waals surface area (Å²) in [4.78, 5) is 2.63. The minimum Gasteiger partial charge on any atom is -0.312 e. The zero-order valence-electron chi connectivity index (χ0n) is 11.3. The van der Waals surface area contributed by atoms with Gasteiger partial charge in [-0.25, -0.2) is 0 Å². The van der Waals surface area contributed by atoms with Crippen molar-refractivity contribution >= 4 is 0 Å². The molecule has 100 valence electrons. The van der Waals surface area contributed by atoms with Gasteiger partial charge in [-0.2, -0.15) is 5.10 Å². The predicted molar refractivity (Wildman–Crippen MR) is 72.3 cm³/mol. The number of aryl methyl sites for hydroxylation is 1. The third-order valence-corrected chi connectivity index (χ3v) is 4.11. The van der Waals surface area contributed by atoms with Gasteiger partial charge in [0, 0.05) is 44.0 Å². The first-order chi connectivity index (χ1) is 8.81. The topological polar surface area (TPSA) is 33.1 Å². The Morgan fingerprint density at radius 1 is 1.33 bits per heavy atom. The van der Waals surface area contributed by atoms with Crippen LogP contribution in [0.3, 0.4) is 0 Å². The first-order valence-corrected chi connectivity index (χ1v) is 7.26. The monoisotopic (exact) mass is 248 g/mol. The molecular weight excluding hydrogens is 224 g/mol. The highest BCUT2D eigenvalue weighted by Gasteiger charge is 2.26. The lowest BCUT2D eigenvalue weighted by molar-refractivity contribution is 0.137. The summed E-state index contributed by atoms with van der Waals surface area (Å²) in [5.74, 6) is 0. The van der Waals surface area contributed by atoms with Crippen LogP contribution in [-0.2, 0) is 13.6 Å². The van der Waals surface area contributed by atoms with E-state index < -0.39 is 0 Å². The Morgan fingerprint density at radius 2 is 2.22 bits per heavy atom. The molecular formula is C14H24N4. The molecule has 1 N–H and O–H groups in total. The van der Waals surface area contributed by atoms with Crippen LogP contribution in [-0.4, -0.2) is 39.9 Å². The van der Waals surface area contributed by atoms with Crippen LogP contribution in [0.15, 0.2) is 12.4 Å². The van der Waals surface area contributed by atoms with E-state index in [2.05, 4.69) is 21.5 Å². The maximum absolute atomic E-state index is 4.27. The Labute approximate surface area is 109 Å². The number of likely N-dealkylation sites (tertiary alicyclic amines) is 1. The summed E-state index contributed by atoms with van der Waals surface area (Å²) in [7, 11) is 1.99. The molecule has 2 aliphatic rings. The Balaban J connectivity index is 1.56. The van der Waals surface area contributed by atoms with Crippen molar-refractivity contribution in [3.05, 3.63) is 18.0 Å². The van der Waals surface area contributed by atoms with E-state index in [0.717, 1.165) is 18.6 Å². The highest BCUT2D eigenvalue weighted by molar-refractivity contribution is 5.04. The molecule has 4 heteroatoms. The van der Waals surface area contributed by atoms with Crippen molar-refractivity contribution < 1.29 is 0 Å². The molecule has 1 saturated heterocycles. The fraction of sp³-hybridized carbons (Fsp3) is 0.786. The molecule has 1 aliphatic heterocycles. The highest BCUT2D eigenvalue weighted by atomic mass is 15.2. The number of rotatable bonds is 5. The standard InChI is InChI=1S/C14H24N4/c1-17-10-12(8-16-17)11-18-7-3-2-4-14(18)9-15-13-5-6-13/h8,10,13-15H,2-7,9,11H2,1H3. The van der Waals surface area contributed by atoms with Crippen LogP contribution < -0.4 is 5.32 Å². The van der Waals surface area contributed by atoms with Gasteiger partial charge in [-0.3, -0.25) is 9.58 Å². The fourth-order valence-corrected chi connectivity index (χ4v) is 2.88. The number of hydrogen-bond donors (Lipinski definition) is 1. The van der Waals surface area contributed by atoms with Gasteiger partial charge in [-0.05, 0) is 32.2 Å². The van der Waals surface area contributed by atoms with Gasteiger partial charge >= 0.3 is 0 Å². The van der Waals surface area contributed by atoms with Crippen molar-refractivity contribution in [3.63, 3.8) is 0 Å². The van der Waals surface area contributed by atoms with E-state index in [9.17, 15) is 0 Å². The van der Waals surface area contributed by atoms with Gasteiger partial charge < -0.3 is 5.32 Å². The summed E-state index contributed by atoms with van der Waals surface area (Å²) in [5, 5.41) is 7.95. The van der Waals surface area contributed by atoms with Crippen LogP contribution in [0, 0.1) is 0 Å². The molecule has 3 rings (SSSR count). The van der Waals surface area contributed by atoms with Gasteiger partial charge in [0.1, 0.15) is 0 Å². The summed E-state index contributed by atoms with van der Waals surface area (Å²) >= 11 is 0. The zero-order chi connectivity index (χ0) is 12.4. The van der Waals surface area contributed by atoms with Crippen LogP contribution in [0.5, 0.6) is 0 Å². The predicted octanol–water partition coefficient (Wildman–Crippen LogP) is 1.53. The van der Waals surface area contributed by atoms with Crippen LogP contribution in [0.1, 0.15) is 37.7 Å². The Hall–Kier alpha value is -0.870. The normalized spacial score (nSPS) is 25.5. The van der Waals surface area contributed by atoms with Gasteiger partial charge in [-0.1, -0.05) is 6.42 Å². The van der Waals surface area contributed by atoms with Gasteiger partial charge in [0.2, 0.25) is 0 Å². The van der Waals surface area contributed by atoms with Gasteiger partial charge in [0.25, 0.3) is 0 Å². The van der Waals surface area contributed by atoms with E-state index in [-0.39, 0.29) is 0 Å². The molecule has 0 radical (unpaired) electrons. The summed E-state index contributed by atoms with van der Waals surface area (Å²) in [5.41, 5.74) is 1.34. The summed E-state index contributed by atoms with van der Waals surface area (Å²) < 4.78 is 1.90. The van der Waals surface area contributed by atoms with Crippen LogP contribution in [0.2, 0.25) is 0 Å². The molecule has 1 aromatic rings. The second-order valence-electron chi connectivity index (χ2n) is 5.82. The lowest BCUT2D eigenvalue weighted by Crippen LogP contribution is -2.45. The number of nitrogens with one attached hydrogen (secondary N) is 1. The van der Waals surface area contributed by atoms with Crippen molar-refractivity contribution in [3.8, 4) is 0 Å². The average molecular weight is 248 g/mol. The molecule has 0 bridgehead atoms. The van der Waals surface area contributed by atoms with E-state index in [0.29, 0.717) is 0 Å². The molecule has 18 heavy (non-hydrogen) atoms. The van der Waals surface area contributed by atoms with E-state index in [1.54, 1.807) is 0 Å². The second-order valence-corrected chi connectivity index (χ2v) is 5.82. The number of hydrogen-bond acceptors (Lipinski definition) is 3. The van der Waals surface area contributed by atoms with Crippen molar-refractivity contribution in [2.24, 2.45) is 7.05 Å². The van der Waals surface area contributed by atoms with Crippen molar-refractivity contribution in [2.45, 2.75) is 50.7 Å². The highest BCUT2D eigenvalue weighted by Crippen LogP contribution is 2.22. The van der Waals surface area contributed by atoms with Crippen molar-refractivity contribution in [1.29, 1.82) is 0 Å². The molecule has 1 aromatic heterocycles. The van der Waals surface area contributed by atoms with Crippen LogP contribution >= 0.6 is 0 Å².